The number of carbonyl (C=O) groups is 1. The Kier molecular flexibility index (Phi) is 8.20. The smallest absolute Gasteiger partial charge is 0.150 e. The molecule has 1 aromatic rings. The zero-order valence-corrected chi connectivity index (χ0v) is 14.6. The van der Waals surface area contributed by atoms with Gasteiger partial charge in [0.05, 0.1) is 6.61 Å². The number of benzene rings is 1. The first kappa shape index (κ1) is 18.0. The lowest BCUT2D eigenvalue weighted by Gasteiger charge is -2.28. The van der Waals surface area contributed by atoms with E-state index in [0.717, 1.165) is 36.9 Å². The first-order valence-corrected chi connectivity index (χ1v) is 9.50. The highest BCUT2D eigenvalue weighted by molar-refractivity contribution is 5.74. The molecule has 1 aromatic carbocycles. The van der Waals surface area contributed by atoms with Crippen LogP contribution in [0.1, 0.15) is 81.5 Å². The molecule has 0 saturated heterocycles. The van der Waals surface area contributed by atoms with Crippen molar-refractivity contribution in [2.75, 3.05) is 6.61 Å². The molecule has 0 radical (unpaired) electrons. The summed E-state index contributed by atoms with van der Waals surface area (Å²) in [5, 5.41) is 0. The first-order valence-electron chi connectivity index (χ1n) is 9.50. The number of ether oxygens (including phenoxy) is 1. The molecule has 0 bridgehead atoms. The SMILES string of the molecule is CCCCCC1CCC(CCCOc2ccc(C=O)cc2)CC1. The Morgan fingerprint density at radius 3 is 2.13 bits per heavy atom. The minimum absolute atomic E-state index is 0.702. The van der Waals surface area contributed by atoms with E-state index in [2.05, 4.69) is 6.92 Å². The summed E-state index contributed by atoms with van der Waals surface area (Å²) in [5.74, 6) is 2.79. The lowest BCUT2D eigenvalue weighted by molar-refractivity contribution is 0.112. The van der Waals surface area contributed by atoms with Crippen LogP contribution >= 0.6 is 0 Å². The number of carbonyl (C=O) groups excluding carboxylic acids is 1. The number of hydrogen-bond donors (Lipinski definition) is 0. The maximum atomic E-state index is 10.6. The fraction of sp³-hybridized carbons (Fsp3) is 0.667. The van der Waals surface area contributed by atoms with E-state index in [4.69, 9.17) is 4.74 Å². The normalized spacial score (nSPS) is 21.1. The third-order valence-electron chi connectivity index (χ3n) is 5.22. The molecule has 0 unspecified atom stereocenters. The summed E-state index contributed by atoms with van der Waals surface area (Å²) >= 11 is 0. The van der Waals surface area contributed by atoms with E-state index in [9.17, 15) is 4.79 Å². The van der Waals surface area contributed by atoms with Crippen LogP contribution in [-0.2, 0) is 0 Å². The third-order valence-corrected chi connectivity index (χ3v) is 5.22. The second-order valence-corrected chi connectivity index (χ2v) is 7.06. The second-order valence-electron chi connectivity index (χ2n) is 7.06. The van der Waals surface area contributed by atoms with Gasteiger partial charge >= 0.3 is 0 Å². The lowest BCUT2D eigenvalue weighted by Crippen LogP contribution is -2.15. The van der Waals surface area contributed by atoms with E-state index in [1.54, 1.807) is 0 Å². The van der Waals surface area contributed by atoms with Crippen LogP contribution in [0.4, 0.5) is 0 Å². The van der Waals surface area contributed by atoms with Crippen LogP contribution in [0.2, 0.25) is 0 Å². The molecule has 0 N–H and O–H groups in total. The number of hydrogen-bond acceptors (Lipinski definition) is 2. The van der Waals surface area contributed by atoms with Crippen LogP contribution in [0.15, 0.2) is 24.3 Å². The molecule has 1 fully saturated rings. The fourth-order valence-electron chi connectivity index (χ4n) is 3.70. The largest absolute Gasteiger partial charge is 0.494 e. The molecule has 0 spiro atoms. The average molecular weight is 316 g/mol. The topological polar surface area (TPSA) is 26.3 Å². The Labute approximate surface area is 141 Å². The van der Waals surface area contributed by atoms with Gasteiger partial charge in [-0.3, -0.25) is 4.79 Å². The maximum Gasteiger partial charge on any atom is 0.150 e. The van der Waals surface area contributed by atoms with Gasteiger partial charge in [-0.25, -0.2) is 0 Å². The van der Waals surface area contributed by atoms with E-state index in [1.165, 1.54) is 57.8 Å². The minimum atomic E-state index is 0.702. The van der Waals surface area contributed by atoms with Crippen molar-refractivity contribution in [3.8, 4) is 5.75 Å². The number of rotatable bonds is 10. The molecule has 0 amide bonds. The summed E-state index contributed by atoms with van der Waals surface area (Å²) in [6, 6.07) is 7.38. The highest BCUT2D eigenvalue weighted by atomic mass is 16.5. The van der Waals surface area contributed by atoms with Gasteiger partial charge in [-0.15, -0.1) is 0 Å². The van der Waals surface area contributed by atoms with Gasteiger partial charge in [0.2, 0.25) is 0 Å². The average Bonchev–Trinajstić information content (AvgIpc) is 2.61. The van der Waals surface area contributed by atoms with E-state index >= 15 is 0 Å². The molecule has 128 valence electrons. The molecule has 23 heavy (non-hydrogen) atoms. The Balaban J connectivity index is 1.54. The first-order chi connectivity index (χ1) is 11.3. The summed E-state index contributed by atoms with van der Waals surface area (Å²) in [6.45, 7) is 3.08. The van der Waals surface area contributed by atoms with Gasteiger partial charge in [0, 0.05) is 5.56 Å². The van der Waals surface area contributed by atoms with E-state index in [1.807, 2.05) is 24.3 Å². The van der Waals surface area contributed by atoms with Crippen LogP contribution in [0.3, 0.4) is 0 Å². The van der Waals surface area contributed by atoms with Gasteiger partial charge in [0.15, 0.2) is 0 Å². The minimum Gasteiger partial charge on any atom is -0.494 e. The summed E-state index contributed by atoms with van der Waals surface area (Å²) < 4.78 is 5.77. The molecule has 2 heteroatoms. The summed E-state index contributed by atoms with van der Waals surface area (Å²) in [6.07, 6.45) is 14.7. The lowest BCUT2D eigenvalue weighted by atomic mass is 9.78. The molecule has 2 nitrogen and oxygen atoms in total. The van der Waals surface area contributed by atoms with Crippen molar-refractivity contribution >= 4 is 6.29 Å². The van der Waals surface area contributed by atoms with Crippen molar-refractivity contribution in [1.82, 2.24) is 0 Å². The predicted octanol–water partition coefficient (Wildman–Crippen LogP) is 6.04. The van der Waals surface area contributed by atoms with Crippen LogP contribution in [-0.4, -0.2) is 12.9 Å². The zero-order chi connectivity index (χ0) is 16.3. The molecule has 2 rings (SSSR count). The summed E-state index contributed by atoms with van der Waals surface area (Å²) in [5.41, 5.74) is 0.702. The van der Waals surface area contributed by atoms with Crippen LogP contribution in [0, 0.1) is 11.8 Å². The molecular formula is C21H32O2. The van der Waals surface area contributed by atoms with Gasteiger partial charge < -0.3 is 4.74 Å². The number of aldehydes is 1. The molecule has 0 aromatic heterocycles. The van der Waals surface area contributed by atoms with Crippen LogP contribution in [0.25, 0.3) is 0 Å². The molecular weight excluding hydrogens is 284 g/mol. The van der Waals surface area contributed by atoms with E-state index in [0.29, 0.717) is 5.56 Å². The number of unbranched alkanes of at least 4 members (excludes halogenated alkanes) is 2. The Bertz CT molecular complexity index is 430. The highest BCUT2D eigenvalue weighted by Gasteiger charge is 2.20. The monoisotopic (exact) mass is 316 g/mol. The second kappa shape index (κ2) is 10.5. The van der Waals surface area contributed by atoms with Gasteiger partial charge in [-0.2, -0.15) is 0 Å². The van der Waals surface area contributed by atoms with Gasteiger partial charge in [0.1, 0.15) is 12.0 Å². The van der Waals surface area contributed by atoms with Crippen molar-refractivity contribution < 1.29 is 9.53 Å². The Hall–Kier alpha value is -1.31. The van der Waals surface area contributed by atoms with Gasteiger partial charge in [-0.05, 0) is 48.9 Å². The molecule has 0 atom stereocenters. The highest BCUT2D eigenvalue weighted by Crippen LogP contribution is 2.34. The summed E-state index contributed by atoms with van der Waals surface area (Å²) in [7, 11) is 0. The van der Waals surface area contributed by atoms with Crippen molar-refractivity contribution in [1.29, 1.82) is 0 Å². The van der Waals surface area contributed by atoms with Crippen molar-refractivity contribution in [2.45, 2.75) is 71.1 Å². The van der Waals surface area contributed by atoms with E-state index in [-0.39, 0.29) is 0 Å². The standard InChI is InChI=1S/C21H32O2/c1-2-3-4-6-18-8-10-19(11-9-18)7-5-16-23-21-14-12-20(17-22)13-15-21/h12-15,17-19H,2-11,16H2,1H3. The summed E-state index contributed by atoms with van der Waals surface area (Å²) in [4.78, 5) is 10.6. The molecule has 1 aliphatic rings. The van der Waals surface area contributed by atoms with Crippen molar-refractivity contribution in [3.63, 3.8) is 0 Å². The Morgan fingerprint density at radius 1 is 0.957 bits per heavy atom. The zero-order valence-electron chi connectivity index (χ0n) is 14.6. The van der Waals surface area contributed by atoms with Crippen molar-refractivity contribution in [3.05, 3.63) is 29.8 Å². The fourth-order valence-corrected chi connectivity index (χ4v) is 3.70. The van der Waals surface area contributed by atoms with Gasteiger partial charge in [0.25, 0.3) is 0 Å². The molecule has 1 saturated carbocycles. The van der Waals surface area contributed by atoms with Gasteiger partial charge in [-0.1, -0.05) is 58.3 Å². The Morgan fingerprint density at radius 2 is 1.57 bits per heavy atom. The molecule has 1 aliphatic carbocycles. The quantitative estimate of drug-likeness (QED) is 0.388. The van der Waals surface area contributed by atoms with Crippen molar-refractivity contribution in [2.24, 2.45) is 11.8 Å². The predicted molar refractivity (Wildman–Crippen MR) is 96.1 cm³/mol. The van der Waals surface area contributed by atoms with E-state index < -0.39 is 0 Å². The van der Waals surface area contributed by atoms with Crippen LogP contribution < -0.4 is 4.74 Å². The van der Waals surface area contributed by atoms with Crippen LogP contribution in [0.5, 0.6) is 5.75 Å². The maximum absolute atomic E-state index is 10.6. The molecule has 0 aliphatic heterocycles. The molecule has 0 heterocycles. The third kappa shape index (κ3) is 6.76.